The maximum atomic E-state index is 11.0. The molecule has 0 heterocycles. The van der Waals surface area contributed by atoms with E-state index in [4.69, 9.17) is 10.9 Å². The van der Waals surface area contributed by atoms with Gasteiger partial charge in [0.1, 0.15) is 0 Å². The molecule has 0 aromatic heterocycles. The standard InChI is InChI=1S/C9H13N3O3S/c1-6(12-9(10)13)7-2-4-8(5-3-7)16(11,14)15/h2-6H,1H3,(H3,10,12,13)(H2,11,14,15). The summed E-state index contributed by atoms with van der Waals surface area (Å²) < 4.78 is 22.0. The highest BCUT2D eigenvalue weighted by atomic mass is 32.2. The van der Waals surface area contributed by atoms with Crippen LogP contribution in [0.15, 0.2) is 29.2 Å². The molecule has 0 spiro atoms. The molecule has 1 atom stereocenters. The summed E-state index contributed by atoms with van der Waals surface area (Å²) in [6, 6.07) is 4.98. The molecule has 0 saturated heterocycles. The van der Waals surface area contributed by atoms with Gasteiger partial charge < -0.3 is 11.1 Å². The topological polar surface area (TPSA) is 115 Å². The Morgan fingerprint density at radius 2 is 1.81 bits per heavy atom. The lowest BCUT2D eigenvalue weighted by atomic mass is 10.1. The molecular formula is C9H13N3O3S. The molecule has 2 amide bonds. The molecule has 0 fully saturated rings. The zero-order chi connectivity index (χ0) is 12.3. The number of carbonyl (C=O) groups excluding carboxylic acids is 1. The second-order valence-corrected chi connectivity index (χ2v) is 4.91. The Hall–Kier alpha value is -1.60. The van der Waals surface area contributed by atoms with E-state index in [2.05, 4.69) is 5.32 Å². The Balaban J connectivity index is 2.91. The quantitative estimate of drug-likeness (QED) is 0.697. The van der Waals surface area contributed by atoms with Crippen LogP contribution in [0.2, 0.25) is 0 Å². The summed E-state index contributed by atoms with van der Waals surface area (Å²) in [6.07, 6.45) is 0. The molecule has 1 aromatic carbocycles. The summed E-state index contributed by atoms with van der Waals surface area (Å²) in [7, 11) is -3.68. The SMILES string of the molecule is CC(NC(N)=O)c1ccc(S(N)(=O)=O)cc1. The summed E-state index contributed by atoms with van der Waals surface area (Å²) in [5, 5.41) is 7.42. The van der Waals surface area contributed by atoms with Gasteiger partial charge >= 0.3 is 6.03 Å². The summed E-state index contributed by atoms with van der Waals surface area (Å²) in [5.41, 5.74) is 5.71. The molecule has 0 aliphatic carbocycles. The van der Waals surface area contributed by atoms with E-state index in [0.717, 1.165) is 5.56 Å². The van der Waals surface area contributed by atoms with E-state index in [9.17, 15) is 13.2 Å². The van der Waals surface area contributed by atoms with E-state index in [-0.39, 0.29) is 10.9 Å². The first kappa shape index (κ1) is 12.5. The summed E-state index contributed by atoms with van der Waals surface area (Å²) in [4.78, 5) is 10.6. The molecule has 1 rings (SSSR count). The van der Waals surface area contributed by atoms with Crippen LogP contribution in [0.1, 0.15) is 18.5 Å². The lowest BCUT2D eigenvalue weighted by molar-refractivity contribution is 0.246. The van der Waals surface area contributed by atoms with Crippen molar-refractivity contribution in [2.45, 2.75) is 17.9 Å². The Labute approximate surface area is 93.7 Å². The highest BCUT2D eigenvalue weighted by Crippen LogP contribution is 2.15. The highest BCUT2D eigenvalue weighted by Gasteiger charge is 2.10. The molecule has 1 unspecified atom stereocenters. The number of rotatable bonds is 3. The van der Waals surface area contributed by atoms with Crippen molar-refractivity contribution in [3.05, 3.63) is 29.8 Å². The summed E-state index contributed by atoms with van der Waals surface area (Å²) >= 11 is 0. The van der Waals surface area contributed by atoms with Crippen LogP contribution in [0.4, 0.5) is 4.79 Å². The number of amides is 2. The summed E-state index contributed by atoms with van der Waals surface area (Å²) in [5.74, 6) is 0. The lowest BCUT2D eigenvalue weighted by Crippen LogP contribution is -2.31. The van der Waals surface area contributed by atoms with Crippen LogP contribution in [-0.2, 0) is 10.0 Å². The van der Waals surface area contributed by atoms with Gasteiger partial charge in [0, 0.05) is 0 Å². The van der Waals surface area contributed by atoms with Crippen molar-refractivity contribution >= 4 is 16.1 Å². The second-order valence-electron chi connectivity index (χ2n) is 3.34. The molecule has 0 saturated carbocycles. The third-order valence-electron chi connectivity index (χ3n) is 2.07. The largest absolute Gasteiger partial charge is 0.352 e. The smallest absolute Gasteiger partial charge is 0.312 e. The van der Waals surface area contributed by atoms with Crippen LogP contribution in [0.3, 0.4) is 0 Å². The van der Waals surface area contributed by atoms with Crippen molar-refractivity contribution in [3.63, 3.8) is 0 Å². The molecule has 0 aliphatic heterocycles. The first-order valence-corrected chi connectivity index (χ1v) is 6.04. The molecule has 1 aromatic rings. The van der Waals surface area contributed by atoms with Gasteiger partial charge in [0.2, 0.25) is 10.0 Å². The number of benzene rings is 1. The minimum atomic E-state index is -3.68. The van der Waals surface area contributed by atoms with Gasteiger partial charge in [-0.1, -0.05) is 12.1 Å². The van der Waals surface area contributed by atoms with Gasteiger partial charge in [-0.2, -0.15) is 0 Å². The Morgan fingerprint density at radius 1 is 1.31 bits per heavy atom. The number of nitrogens with one attached hydrogen (secondary N) is 1. The zero-order valence-corrected chi connectivity index (χ0v) is 9.49. The fraction of sp³-hybridized carbons (Fsp3) is 0.222. The van der Waals surface area contributed by atoms with Crippen molar-refractivity contribution in [2.75, 3.05) is 0 Å². The number of primary amides is 1. The number of hydrogen-bond acceptors (Lipinski definition) is 3. The van der Waals surface area contributed by atoms with E-state index in [1.54, 1.807) is 19.1 Å². The lowest BCUT2D eigenvalue weighted by Gasteiger charge is -2.12. The van der Waals surface area contributed by atoms with Crippen LogP contribution in [0.5, 0.6) is 0 Å². The van der Waals surface area contributed by atoms with Crippen molar-refractivity contribution in [3.8, 4) is 0 Å². The third-order valence-corrected chi connectivity index (χ3v) is 3.00. The number of nitrogens with two attached hydrogens (primary N) is 2. The van der Waals surface area contributed by atoms with Crippen LogP contribution in [0.25, 0.3) is 0 Å². The van der Waals surface area contributed by atoms with E-state index >= 15 is 0 Å². The maximum Gasteiger partial charge on any atom is 0.312 e. The molecule has 16 heavy (non-hydrogen) atoms. The summed E-state index contributed by atoms with van der Waals surface area (Å²) in [6.45, 7) is 1.73. The van der Waals surface area contributed by atoms with E-state index in [1.165, 1.54) is 12.1 Å². The molecular weight excluding hydrogens is 230 g/mol. The van der Waals surface area contributed by atoms with Gasteiger partial charge in [-0.3, -0.25) is 0 Å². The molecule has 5 N–H and O–H groups in total. The monoisotopic (exact) mass is 243 g/mol. The molecule has 88 valence electrons. The highest BCUT2D eigenvalue weighted by molar-refractivity contribution is 7.89. The number of primary sulfonamides is 1. The Kier molecular flexibility index (Phi) is 3.51. The fourth-order valence-electron chi connectivity index (χ4n) is 1.24. The Bertz CT molecular complexity index is 481. The zero-order valence-electron chi connectivity index (χ0n) is 8.67. The number of sulfonamides is 1. The van der Waals surface area contributed by atoms with E-state index in [1.807, 2.05) is 0 Å². The van der Waals surface area contributed by atoms with Crippen LogP contribution in [-0.4, -0.2) is 14.4 Å². The minimum Gasteiger partial charge on any atom is -0.352 e. The van der Waals surface area contributed by atoms with Gasteiger partial charge in [0.15, 0.2) is 0 Å². The average Bonchev–Trinajstić information content (AvgIpc) is 2.15. The van der Waals surface area contributed by atoms with Gasteiger partial charge in [-0.25, -0.2) is 18.4 Å². The molecule has 0 aliphatic rings. The van der Waals surface area contributed by atoms with Crippen LogP contribution >= 0.6 is 0 Å². The Morgan fingerprint density at radius 3 is 2.19 bits per heavy atom. The van der Waals surface area contributed by atoms with Gasteiger partial charge in [0.25, 0.3) is 0 Å². The predicted molar refractivity (Wildman–Crippen MR) is 58.9 cm³/mol. The van der Waals surface area contributed by atoms with Crippen molar-refractivity contribution in [2.24, 2.45) is 10.9 Å². The second kappa shape index (κ2) is 4.50. The van der Waals surface area contributed by atoms with Crippen LogP contribution in [0, 0.1) is 0 Å². The van der Waals surface area contributed by atoms with Gasteiger partial charge in [0.05, 0.1) is 10.9 Å². The molecule has 0 bridgehead atoms. The number of urea groups is 1. The predicted octanol–water partition coefficient (Wildman–Crippen LogP) is 0.0633. The maximum absolute atomic E-state index is 11.0. The van der Waals surface area contributed by atoms with Crippen molar-refractivity contribution in [1.82, 2.24) is 5.32 Å². The first-order chi connectivity index (χ1) is 7.30. The van der Waals surface area contributed by atoms with Crippen molar-refractivity contribution < 1.29 is 13.2 Å². The fourth-order valence-corrected chi connectivity index (χ4v) is 1.76. The minimum absolute atomic E-state index is 0.0301. The third kappa shape index (κ3) is 3.21. The first-order valence-electron chi connectivity index (χ1n) is 4.49. The van der Waals surface area contributed by atoms with Crippen molar-refractivity contribution in [1.29, 1.82) is 0 Å². The molecule has 6 nitrogen and oxygen atoms in total. The number of carbonyl (C=O) groups is 1. The van der Waals surface area contributed by atoms with E-state index < -0.39 is 16.1 Å². The molecule has 7 heteroatoms. The van der Waals surface area contributed by atoms with Crippen LogP contribution < -0.4 is 16.2 Å². The van der Waals surface area contributed by atoms with Gasteiger partial charge in [-0.05, 0) is 24.6 Å². The van der Waals surface area contributed by atoms with E-state index in [0.29, 0.717) is 0 Å². The molecule has 0 radical (unpaired) electrons. The number of hydrogen-bond donors (Lipinski definition) is 3. The average molecular weight is 243 g/mol. The van der Waals surface area contributed by atoms with Gasteiger partial charge in [-0.15, -0.1) is 0 Å². The normalized spacial score (nSPS) is 13.1.